The fourth-order valence-electron chi connectivity index (χ4n) is 1.12. The zero-order valence-corrected chi connectivity index (χ0v) is 7.08. The van der Waals surface area contributed by atoms with E-state index in [4.69, 9.17) is 12.2 Å². The summed E-state index contributed by atoms with van der Waals surface area (Å²) in [5.74, 6) is 0.784. The molecule has 1 aliphatic heterocycles. The van der Waals surface area contributed by atoms with Crippen molar-refractivity contribution in [2.45, 2.75) is 19.5 Å². The minimum atomic E-state index is 0.262. The van der Waals surface area contributed by atoms with E-state index in [9.17, 15) is 0 Å². The van der Waals surface area contributed by atoms with Crippen LogP contribution in [0.25, 0.3) is 0 Å². The molecule has 0 amide bonds. The fraction of sp³-hybridized carbons (Fsp3) is 0.857. The van der Waals surface area contributed by atoms with Crippen molar-refractivity contribution in [3.8, 4) is 0 Å². The van der Waals surface area contributed by atoms with Crippen LogP contribution >= 0.6 is 12.2 Å². The molecule has 0 radical (unpaired) electrons. The van der Waals surface area contributed by atoms with E-state index in [1.165, 1.54) is 6.42 Å². The average molecular weight is 158 g/mol. The van der Waals surface area contributed by atoms with E-state index in [0.29, 0.717) is 0 Å². The molecule has 3 heteroatoms. The second-order valence-corrected chi connectivity index (χ2v) is 2.98. The lowest BCUT2D eigenvalue weighted by atomic mass is 10.1. The first-order chi connectivity index (χ1) is 4.86. The van der Waals surface area contributed by atoms with Gasteiger partial charge in [0.15, 0.2) is 0 Å². The van der Waals surface area contributed by atoms with E-state index in [0.717, 1.165) is 19.0 Å². The third kappa shape index (κ3) is 2.01. The lowest BCUT2D eigenvalue weighted by Gasteiger charge is -2.27. The molecule has 0 unspecified atom stereocenters. The Labute approximate surface area is 67.4 Å². The van der Waals surface area contributed by atoms with E-state index in [2.05, 4.69) is 17.6 Å². The number of rotatable bonds is 2. The third-order valence-corrected chi connectivity index (χ3v) is 2.24. The Balaban J connectivity index is 2.23. The molecule has 0 atom stereocenters. The Kier molecular flexibility index (Phi) is 3.25. The topological polar surface area (TPSA) is 24.1 Å². The summed E-state index contributed by atoms with van der Waals surface area (Å²) in [5.41, 5.74) is 0. The van der Waals surface area contributed by atoms with Crippen molar-refractivity contribution in [3.05, 3.63) is 0 Å². The lowest BCUT2D eigenvalue weighted by molar-refractivity contribution is 0.338. The van der Waals surface area contributed by atoms with Gasteiger partial charge in [-0.2, -0.15) is 0 Å². The summed E-state index contributed by atoms with van der Waals surface area (Å²) in [7, 11) is 0. The zero-order chi connectivity index (χ0) is 7.40. The first-order valence-corrected chi connectivity index (χ1v) is 4.26. The minimum absolute atomic E-state index is 0.262. The number of nitrogens with one attached hydrogen (secondary N) is 2. The molecule has 1 aliphatic rings. The standard InChI is InChI=1S/C7H14N2S/c1-2-6-3-8-7(5-10)9-4-6/h5-9H,2-4H2,1H3. The van der Waals surface area contributed by atoms with Crippen LogP contribution in [0.2, 0.25) is 0 Å². The molecule has 58 valence electrons. The summed E-state index contributed by atoms with van der Waals surface area (Å²) in [6, 6.07) is 0. The molecule has 1 rings (SSSR count). The number of hydrogen-bond acceptors (Lipinski definition) is 3. The van der Waals surface area contributed by atoms with Crippen LogP contribution in [0.15, 0.2) is 0 Å². The molecule has 0 bridgehead atoms. The van der Waals surface area contributed by atoms with E-state index < -0.39 is 0 Å². The maximum atomic E-state index is 4.80. The summed E-state index contributed by atoms with van der Waals surface area (Å²) < 4.78 is 0. The fourth-order valence-corrected chi connectivity index (χ4v) is 1.31. The van der Waals surface area contributed by atoms with Crippen LogP contribution in [-0.4, -0.2) is 24.6 Å². The quantitative estimate of drug-likeness (QED) is 0.573. The molecule has 2 nitrogen and oxygen atoms in total. The smallest absolute Gasteiger partial charge is 0.0869 e. The van der Waals surface area contributed by atoms with Crippen molar-refractivity contribution in [2.24, 2.45) is 5.92 Å². The molecule has 0 spiro atoms. The largest absolute Gasteiger partial charge is 0.298 e. The van der Waals surface area contributed by atoms with Gasteiger partial charge in [-0.15, -0.1) is 0 Å². The molecular formula is C7H14N2S. The molecule has 0 saturated carbocycles. The highest BCUT2D eigenvalue weighted by Gasteiger charge is 2.15. The Bertz CT molecular complexity index is 108. The molecule has 0 aromatic rings. The van der Waals surface area contributed by atoms with Crippen molar-refractivity contribution < 1.29 is 0 Å². The van der Waals surface area contributed by atoms with Crippen molar-refractivity contribution >= 4 is 17.6 Å². The van der Waals surface area contributed by atoms with Gasteiger partial charge in [0.1, 0.15) is 0 Å². The van der Waals surface area contributed by atoms with Crippen LogP contribution in [0, 0.1) is 5.92 Å². The summed E-state index contributed by atoms with van der Waals surface area (Å²) in [4.78, 5) is 0. The van der Waals surface area contributed by atoms with Gasteiger partial charge in [-0.05, 0) is 5.92 Å². The summed E-state index contributed by atoms with van der Waals surface area (Å²) in [6.45, 7) is 4.41. The Morgan fingerprint density at radius 3 is 2.50 bits per heavy atom. The van der Waals surface area contributed by atoms with Gasteiger partial charge < -0.3 is 0 Å². The van der Waals surface area contributed by atoms with Gasteiger partial charge in [-0.3, -0.25) is 10.6 Å². The van der Waals surface area contributed by atoms with Crippen LogP contribution in [0.5, 0.6) is 0 Å². The van der Waals surface area contributed by atoms with Crippen LogP contribution < -0.4 is 10.6 Å². The molecular weight excluding hydrogens is 144 g/mol. The van der Waals surface area contributed by atoms with Gasteiger partial charge in [0.2, 0.25) is 0 Å². The monoisotopic (exact) mass is 158 g/mol. The number of thiocarbonyl (C=S) groups is 1. The highest BCUT2D eigenvalue weighted by Crippen LogP contribution is 2.02. The molecule has 1 saturated heterocycles. The van der Waals surface area contributed by atoms with Crippen molar-refractivity contribution in [1.29, 1.82) is 0 Å². The summed E-state index contributed by atoms with van der Waals surface area (Å²) >= 11 is 4.80. The van der Waals surface area contributed by atoms with Crippen LogP contribution in [0.3, 0.4) is 0 Å². The van der Waals surface area contributed by atoms with E-state index >= 15 is 0 Å². The summed E-state index contributed by atoms with van der Waals surface area (Å²) in [5, 5.41) is 8.34. The van der Waals surface area contributed by atoms with Gasteiger partial charge in [0.25, 0.3) is 0 Å². The van der Waals surface area contributed by atoms with Gasteiger partial charge in [0, 0.05) is 18.5 Å². The lowest BCUT2D eigenvalue weighted by Crippen LogP contribution is -2.53. The first-order valence-electron chi connectivity index (χ1n) is 3.79. The summed E-state index contributed by atoms with van der Waals surface area (Å²) in [6.07, 6.45) is 1.50. The molecule has 0 aromatic heterocycles. The molecule has 1 fully saturated rings. The van der Waals surface area contributed by atoms with Crippen molar-refractivity contribution in [1.82, 2.24) is 10.6 Å². The van der Waals surface area contributed by atoms with Crippen molar-refractivity contribution in [2.75, 3.05) is 13.1 Å². The molecule has 2 N–H and O–H groups in total. The second-order valence-electron chi connectivity index (χ2n) is 2.70. The zero-order valence-electron chi connectivity index (χ0n) is 6.26. The van der Waals surface area contributed by atoms with Gasteiger partial charge in [-0.1, -0.05) is 25.6 Å². The van der Waals surface area contributed by atoms with Crippen molar-refractivity contribution in [3.63, 3.8) is 0 Å². The van der Waals surface area contributed by atoms with Crippen LogP contribution in [-0.2, 0) is 0 Å². The molecule has 1 heterocycles. The minimum Gasteiger partial charge on any atom is -0.298 e. The maximum Gasteiger partial charge on any atom is 0.0869 e. The number of hydrogen-bond donors (Lipinski definition) is 2. The highest BCUT2D eigenvalue weighted by atomic mass is 32.1. The Hall–Kier alpha value is 0.01000. The highest BCUT2D eigenvalue weighted by molar-refractivity contribution is 7.79. The van der Waals surface area contributed by atoms with Gasteiger partial charge in [-0.25, -0.2) is 0 Å². The van der Waals surface area contributed by atoms with E-state index in [-0.39, 0.29) is 6.17 Å². The second kappa shape index (κ2) is 4.01. The van der Waals surface area contributed by atoms with Crippen LogP contribution in [0.4, 0.5) is 0 Å². The maximum absolute atomic E-state index is 4.80. The normalized spacial score (nSPS) is 33.7. The Morgan fingerprint density at radius 1 is 1.50 bits per heavy atom. The molecule has 0 aliphatic carbocycles. The molecule has 0 aromatic carbocycles. The van der Waals surface area contributed by atoms with E-state index in [1.54, 1.807) is 5.37 Å². The van der Waals surface area contributed by atoms with Crippen LogP contribution in [0.1, 0.15) is 13.3 Å². The van der Waals surface area contributed by atoms with Gasteiger partial charge >= 0.3 is 0 Å². The predicted octanol–water partition coefficient (Wildman–Crippen LogP) is 0.531. The SMILES string of the molecule is CCC1CNC(C=S)NC1. The molecule has 10 heavy (non-hydrogen) atoms. The average Bonchev–Trinajstić information content (AvgIpc) is 2.05. The van der Waals surface area contributed by atoms with E-state index in [1.807, 2.05) is 0 Å². The van der Waals surface area contributed by atoms with Gasteiger partial charge in [0.05, 0.1) is 6.17 Å². The Morgan fingerprint density at radius 2 is 2.10 bits per heavy atom. The predicted molar refractivity (Wildman–Crippen MR) is 47.2 cm³/mol. The third-order valence-electron chi connectivity index (χ3n) is 1.97. The first kappa shape index (κ1) is 8.11.